The maximum Gasteiger partial charge on any atom is 0.359 e. The second-order valence-corrected chi connectivity index (χ2v) is 2.19. The molecule has 1 rings (SSSR count). The summed E-state index contributed by atoms with van der Waals surface area (Å²) in [6, 6.07) is 0. The zero-order valence-electron chi connectivity index (χ0n) is 6.70. The van der Waals surface area contributed by atoms with E-state index in [0.717, 1.165) is 13.3 Å². The maximum atomic E-state index is 12.2. The first-order valence-corrected chi connectivity index (χ1v) is 3.27. The average Bonchev–Trinajstić information content (AvgIpc) is 2.46. The molecule has 2 N–H and O–H groups in total. The molecule has 72 valence electrons. The number of alkyl halides is 2. The standard InChI is InChI=1S/C6H7F2N3O2/c1-13-6(12)4-3(5(7)8)2-10-11(4)9/h2,5H,9H2,1H3. The number of carbonyl (C=O) groups is 1. The van der Waals surface area contributed by atoms with Gasteiger partial charge < -0.3 is 10.6 Å². The van der Waals surface area contributed by atoms with Gasteiger partial charge in [0.15, 0.2) is 5.69 Å². The van der Waals surface area contributed by atoms with Gasteiger partial charge in [-0.15, -0.1) is 0 Å². The number of methoxy groups -OCH3 is 1. The Morgan fingerprint density at radius 1 is 1.77 bits per heavy atom. The van der Waals surface area contributed by atoms with Crippen LogP contribution < -0.4 is 5.84 Å². The van der Waals surface area contributed by atoms with E-state index in [-0.39, 0.29) is 0 Å². The molecule has 0 amide bonds. The van der Waals surface area contributed by atoms with Crippen LogP contribution in [0.1, 0.15) is 22.5 Å². The number of aromatic nitrogens is 2. The lowest BCUT2D eigenvalue weighted by molar-refractivity contribution is 0.0578. The van der Waals surface area contributed by atoms with Crippen molar-refractivity contribution in [2.75, 3.05) is 13.0 Å². The number of hydrogen-bond acceptors (Lipinski definition) is 4. The van der Waals surface area contributed by atoms with Gasteiger partial charge in [0.2, 0.25) is 0 Å². The molecule has 0 saturated heterocycles. The zero-order valence-corrected chi connectivity index (χ0v) is 6.70. The summed E-state index contributed by atoms with van der Waals surface area (Å²) in [5.74, 6) is 4.19. The lowest BCUT2D eigenvalue weighted by Crippen LogP contribution is -2.19. The van der Waals surface area contributed by atoms with E-state index in [4.69, 9.17) is 5.84 Å². The van der Waals surface area contributed by atoms with Crippen LogP contribution in [0.3, 0.4) is 0 Å². The number of nitrogens with two attached hydrogens (primary N) is 1. The summed E-state index contributed by atoms with van der Waals surface area (Å²) in [5.41, 5.74) is -0.966. The molecular formula is C6H7F2N3O2. The van der Waals surface area contributed by atoms with Crippen LogP contribution >= 0.6 is 0 Å². The largest absolute Gasteiger partial charge is 0.464 e. The van der Waals surface area contributed by atoms with Crippen molar-refractivity contribution in [1.29, 1.82) is 0 Å². The van der Waals surface area contributed by atoms with Crippen LogP contribution in [0, 0.1) is 0 Å². The molecule has 0 unspecified atom stereocenters. The monoisotopic (exact) mass is 191 g/mol. The predicted molar refractivity (Wildman–Crippen MR) is 38.7 cm³/mol. The quantitative estimate of drug-likeness (QED) is 0.539. The van der Waals surface area contributed by atoms with Crippen molar-refractivity contribution in [3.63, 3.8) is 0 Å². The fraction of sp³-hybridized carbons (Fsp3) is 0.333. The van der Waals surface area contributed by atoms with E-state index in [1.165, 1.54) is 0 Å². The summed E-state index contributed by atoms with van der Waals surface area (Å²) < 4.78 is 28.7. The fourth-order valence-electron chi connectivity index (χ4n) is 0.843. The van der Waals surface area contributed by atoms with Crippen LogP contribution in [0.25, 0.3) is 0 Å². The molecule has 13 heavy (non-hydrogen) atoms. The van der Waals surface area contributed by atoms with E-state index in [0.29, 0.717) is 4.79 Å². The van der Waals surface area contributed by atoms with Crippen LogP contribution in [0.5, 0.6) is 0 Å². The average molecular weight is 191 g/mol. The second kappa shape index (κ2) is 3.38. The molecule has 0 aromatic carbocycles. The van der Waals surface area contributed by atoms with Gasteiger partial charge in [-0.3, -0.25) is 0 Å². The third kappa shape index (κ3) is 1.58. The highest BCUT2D eigenvalue weighted by atomic mass is 19.3. The topological polar surface area (TPSA) is 70.1 Å². The number of hydrogen-bond donors (Lipinski definition) is 1. The van der Waals surface area contributed by atoms with Crippen LogP contribution in [0.4, 0.5) is 8.78 Å². The Kier molecular flexibility index (Phi) is 2.45. The molecular weight excluding hydrogens is 184 g/mol. The SMILES string of the molecule is COC(=O)c1c(C(F)F)cnn1N. The highest BCUT2D eigenvalue weighted by Gasteiger charge is 2.24. The van der Waals surface area contributed by atoms with Crippen LogP contribution in [-0.4, -0.2) is 23.0 Å². The van der Waals surface area contributed by atoms with Gasteiger partial charge in [-0.05, 0) is 0 Å². The Morgan fingerprint density at radius 2 is 2.38 bits per heavy atom. The molecule has 0 aliphatic carbocycles. The molecule has 0 fully saturated rings. The molecule has 0 bridgehead atoms. The Bertz CT molecular complexity index is 324. The molecule has 0 saturated carbocycles. The Labute approximate surface area is 72.0 Å². The van der Waals surface area contributed by atoms with E-state index in [9.17, 15) is 13.6 Å². The Balaban J connectivity index is 3.16. The minimum Gasteiger partial charge on any atom is -0.464 e. The summed E-state index contributed by atoms with van der Waals surface area (Å²) in [6.45, 7) is 0. The van der Waals surface area contributed by atoms with E-state index >= 15 is 0 Å². The van der Waals surface area contributed by atoms with Gasteiger partial charge in [-0.1, -0.05) is 0 Å². The van der Waals surface area contributed by atoms with Gasteiger partial charge in [-0.2, -0.15) is 9.89 Å². The van der Waals surface area contributed by atoms with Gasteiger partial charge >= 0.3 is 5.97 Å². The molecule has 0 aliphatic rings. The van der Waals surface area contributed by atoms with Crippen molar-refractivity contribution in [3.8, 4) is 0 Å². The number of ether oxygens (including phenoxy) is 1. The van der Waals surface area contributed by atoms with E-state index in [1.54, 1.807) is 0 Å². The molecule has 7 heteroatoms. The number of rotatable bonds is 2. The molecule has 1 aromatic rings. The third-order valence-corrected chi connectivity index (χ3v) is 1.44. The molecule has 1 aromatic heterocycles. The lowest BCUT2D eigenvalue weighted by atomic mass is 10.2. The van der Waals surface area contributed by atoms with Crippen molar-refractivity contribution in [2.45, 2.75) is 6.43 Å². The Morgan fingerprint density at radius 3 is 2.85 bits per heavy atom. The lowest BCUT2D eigenvalue weighted by Gasteiger charge is -2.01. The van der Waals surface area contributed by atoms with Crippen LogP contribution in [-0.2, 0) is 4.74 Å². The highest BCUT2D eigenvalue weighted by Crippen LogP contribution is 2.21. The first-order chi connectivity index (χ1) is 6.07. The summed E-state index contributed by atoms with van der Waals surface area (Å²) in [7, 11) is 1.07. The van der Waals surface area contributed by atoms with E-state index < -0.39 is 23.7 Å². The summed E-state index contributed by atoms with van der Waals surface area (Å²) >= 11 is 0. The number of carbonyl (C=O) groups excluding carboxylic acids is 1. The minimum absolute atomic E-state index is 0.433. The first-order valence-electron chi connectivity index (χ1n) is 3.27. The van der Waals surface area contributed by atoms with Crippen LogP contribution in [0.2, 0.25) is 0 Å². The van der Waals surface area contributed by atoms with Gasteiger partial charge in [0.1, 0.15) is 0 Å². The number of halogens is 2. The fourth-order valence-corrected chi connectivity index (χ4v) is 0.843. The second-order valence-electron chi connectivity index (χ2n) is 2.19. The van der Waals surface area contributed by atoms with Crippen molar-refractivity contribution in [1.82, 2.24) is 9.89 Å². The predicted octanol–water partition coefficient (Wildman–Crippen LogP) is 0.321. The first kappa shape index (κ1) is 9.43. The van der Waals surface area contributed by atoms with Crippen molar-refractivity contribution >= 4 is 5.97 Å². The molecule has 1 heterocycles. The van der Waals surface area contributed by atoms with Gasteiger partial charge in [-0.25, -0.2) is 13.6 Å². The molecule has 0 atom stereocenters. The van der Waals surface area contributed by atoms with Crippen molar-refractivity contribution < 1.29 is 18.3 Å². The summed E-state index contributed by atoms with van der Waals surface area (Å²) in [6.07, 6.45) is -1.97. The Hall–Kier alpha value is -1.66. The number of nitrogens with zero attached hydrogens (tertiary/aromatic N) is 2. The van der Waals surface area contributed by atoms with E-state index in [2.05, 4.69) is 9.84 Å². The normalized spacial score (nSPS) is 10.5. The molecule has 0 radical (unpaired) electrons. The van der Waals surface area contributed by atoms with Crippen molar-refractivity contribution in [3.05, 3.63) is 17.5 Å². The number of esters is 1. The summed E-state index contributed by atoms with van der Waals surface area (Å²) in [5, 5.41) is 3.32. The van der Waals surface area contributed by atoms with Crippen molar-refractivity contribution in [2.24, 2.45) is 0 Å². The molecule has 5 nitrogen and oxygen atoms in total. The van der Waals surface area contributed by atoms with E-state index in [1.807, 2.05) is 0 Å². The number of nitrogen functional groups attached to an aromatic ring is 1. The summed E-state index contributed by atoms with van der Waals surface area (Å²) in [4.78, 5) is 11.5. The smallest absolute Gasteiger partial charge is 0.359 e. The van der Waals surface area contributed by atoms with Gasteiger partial charge in [0, 0.05) is 0 Å². The maximum absolute atomic E-state index is 12.2. The third-order valence-electron chi connectivity index (χ3n) is 1.44. The molecule has 0 aliphatic heterocycles. The highest BCUT2D eigenvalue weighted by molar-refractivity contribution is 5.89. The van der Waals surface area contributed by atoms with Crippen LogP contribution in [0.15, 0.2) is 6.20 Å². The van der Waals surface area contributed by atoms with Gasteiger partial charge in [0.25, 0.3) is 6.43 Å². The zero-order chi connectivity index (χ0) is 10.0. The van der Waals surface area contributed by atoms with Gasteiger partial charge in [0.05, 0.1) is 18.9 Å². The molecule has 0 spiro atoms. The minimum atomic E-state index is -2.80.